The number of rotatable bonds is 4. The molecule has 27 heavy (non-hydrogen) atoms. The Kier molecular flexibility index (Phi) is 9.43. The molecule has 2 N–H and O–H groups in total. The Morgan fingerprint density at radius 2 is 1.22 bits per heavy atom. The Balaban J connectivity index is 0.000000817. The van der Waals surface area contributed by atoms with Gasteiger partial charge in [0.1, 0.15) is 11.5 Å². The number of halogens is 3. The van der Waals surface area contributed by atoms with E-state index in [4.69, 9.17) is 0 Å². The topological polar surface area (TPSA) is 43.7 Å². The van der Waals surface area contributed by atoms with Gasteiger partial charge in [0, 0.05) is 17.9 Å². The second-order valence-corrected chi connectivity index (χ2v) is 22.3. The molecule has 0 fully saturated rings. The molecule has 0 heterocycles. The normalized spacial score (nSPS) is 10.2. The first-order valence-electron chi connectivity index (χ1n) is 8.24. The number of hydrogen-bond acceptors (Lipinski definition) is 3. The fraction of sp³-hybridized carbons (Fsp3) is 0.143. The first kappa shape index (κ1) is 22.5. The number of benzene rings is 3. The van der Waals surface area contributed by atoms with E-state index in [0.29, 0.717) is 19.8 Å². The van der Waals surface area contributed by atoms with Crippen molar-refractivity contribution in [3.63, 3.8) is 0 Å². The molecule has 0 atom stereocenters. The summed E-state index contributed by atoms with van der Waals surface area (Å²) in [5.41, 5.74) is 5.76. The second kappa shape index (κ2) is 11.3. The zero-order chi connectivity index (χ0) is 19.8. The van der Waals surface area contributed by atoms with Gasteiger partial charge in [0.2, 0.25) is 0 Å². The van der Waals surface area contributed by atoms with E-state index >= 15 is 0 Å². The van der Waals surface area contributed by atoms with Crippen molar-refractivity contribution in [1.29, 1.82) is 0 Å². The van der Waals surface area contributed by atoms with Crippen LogP contribution in [0.4, 0.5) is 11.4 Å². The van der Waals surface area contributed by atoms with Crippen LogP contribution in [0.2, 0.25) is 0 Å². The van der Waals surface area contributed by atoms with Crippen LogP contribution >= 0.6 is 37.2 Å². The Bertz CT molecular complexity index is 807. The Morgan fingerprint density at radius 1 is 0.778 bits per heavy atom. The minimum absolute atomic E-state index is 0.246. The minimum atomic E-state index is 0.246. The number of aromatic hydroxyl groups is 2. The molecule has 3 nitrogen and oxygen atoms in total. The molecule has 0 aliphatic rings. The van der Waals surface area contributed by atoms with E-state index in [-0.39, 0.29) is 11.5 Å². The van der Waals surface area contributed by atoms with Gasteiger partial charge in [0.25, 0.3) is 0 Å². The van der Waals surface area contributed by atoms with E-state index < -0.39 is 0 Å². The van der Waals surface area contributed by atoms with Gasteiger partial charge in [-0.05, 0) is 79.1 Å². The van der Waals surface area contributed by atoms with Crippen LogP contribution in [0.3, 0.4) is 0 Å². The Hall–Kier alpha value is -0.750. The number of phenolic OH excluding ortho intramolecular Hbond substituents is 2. The van der Waals surface area contributed by atoms with Gasteiger partial charge in [0.15, 0.2) is 0 Å². The van der Waals surface area contributed by atoms with Crippen molar-refractivity contribution in [3.8, 4) is 11.5 Å². The first-order valence-corrected chi connectivity index (χ1v) is 20.8. The van der Waals surface area contributed by atoms with Gasteiger partial charge in [-0.2, -0.15) is 0 Å². The number of anilines is 2. The number of aryl methyl sites for hydroxylation is 1. The van der Waals surface area contributed by atoms with Crippen molar-refractivity contribution in [2.24, 2.45) is 0 Å². The molecule has 0 aliphatic carbocycles. The molecule has 3 aromatic rings. The molecule has 0 bridgehead atoms. The molecule has 6 heteroatoms. The number of hydrogen-bond donors (Lipinski definition) is 2. The monoisotopic (exact) mass is 700 g/mol. The van der Waals surface area contributed by atoms with Gasteiger partial charge in [-0.3, -0.25) is 0 Å². The molecule has 0 saturated heterocycles. The third kappa shape index (κ3) is 6.67. The van der Waals surface area contributed by atoms with E-state index in [1.807, 2.05) is 24.3 Å². The summed E-state index contributed by atoms with van der Waals surface area (Å²) in [5.74, 6) is 0.493. The van der Waals surface area contributed by atoms with Crippen LogP contribution in [-0.4, -0.2) is 10.2 Å². The molecule has 0 spiro atoms. The number of nitrogens with zero attached hydrogens (tertiary/aromatic N) is 1. The van der Waals surface area contributed by atoms with Crippen LogP contribution in [0.15, 0.2) is 66.7 Å². The first-order chi connectivity index (χ1) is 13.0. The van der Waals surface area contributed by atoms with Crippen molar-refractivity contribution in [3.05, 3.63) is 83.4 Å². The van der Waals surface area contributed by atoms with Crippen molar-refractivity contribution in [2.45, 2.75) is 20.4 Å². The summed E-state index contributed by atoms with van der Waals surface area (Å²) in [6.07, 6.45) is 0. The molecule has 3 aromatic carbocycles. The molecule has 0 aromatic heterocycles. The van der Waals surface area contributed by atoms with Crippen LogP contribution in [0, 0.1) is 13.8 Å². The van der Waals surface area contributed by atoms with Crippen LogP contribution < -0.4 is 18.2 Å². The van der Waals surface area contributed by atoms with E-state index in [2.05, 4.69) is 74.2 Å². The Labute approximate surface area is 190 Å². The molecule has 3 rings (SSSR count). The standard InChI is InChI=1S/C21H21NO2.I3/c1-15-4-3-5-17(16(15)2)14-22(18-6-10-20(23)11-7-18)19-8-12-21(24)13-9-19;1-3-2/h3-13,23-24H,14H2,1-2H3;/q;-1. The molecular formula is C21H21I3NO2-. The van der Waals surface area contributed by atoms with Crippen LogP contribution in [0.25, 0.3) is 0 Å². The molecular weight excluding hydrogens is 679 g/mol. The molecule has 0 unspecified atom stereocenters. The summed E-state index contributed by atoms with van der Waals surface area (Å²) in [4.78, 5) is 2.17. The van der Waals surface area contributed by atoms with Gasteiger partial charge >= 0.3 is 50.5 Å². The van der Waals surface area contributed by atoms with Crippen molar-refractivity contribution in [2.75, 3.05) is 4.90 Å². The zero-order valence-electron chi connectivity index (χ0n) is 15.0. The van der Waals surface area contributed by atoms with Gasteiger partial charge in [-0.1, -0.05) is 18.2 Å². The van der Waals surface area contributed by atoms with Crippen LogP contribution in [0.5, 0.6) is 11.5 Å². The average molecular weight is 700 g/mol. The van der Waals surface area contributed by atoms with Crippen LogP contribution in [-0.2, 0) is 6.54 Å². The molecule has 0 radical (unpaired) electrons. The van der Waals surface area contributed by atoms with Gasteiger partial charge in [0.05, 0.1) is 0 Å². The third-order valence-electron chi connectivity index (χ3n) is 4.37. The summed E-state index contributed by atoms with van der Waals surface area (Å²) >= 11 is 5.30. The summed E-state index contributed by atoms with van der Waals surface area (Å²) in [6, 6.07) is 20.7. The fourth-order valence-electron chi connectivity index (χ4n) is 2.75. The molecule has 144 valence electrons. The predicted octanol–water partition coefficient (Wildman–Crippen LogP) is 3.83. The average Bonchev–Trinajstić information content (AvgIpc) is 2.65. The summed E-state index contributed by atoms with van der Waals surface area (Å²) in [6.45, 7) is 4.96. The fourth-order valence-corrected chi connectivity index (χ4v) is 2.75. The van der Waals surface area contributed by atoms with E-state index in [1.54, 1.807) is 24.3 Å². The Morgan fingerprint density at radius 3 is 1.67 bits per heavy atom. The molecule has 0 amide bonds. The summed E-state index contributed by atoms with van der Waals surface area (Å²) < 4.78 is 0. The van der Waals surface area contributed by atoms with E-state index in [0.717, 1.165) is 11.4 Å². The van der Waals surface area contributed by atoms with E-state index in [9.17, 15) is 10.2 Å². The second-order valence-electron chi connectivity index (χ2n) is 6.03. The zero-order valence-corrected chi connectivity index (χ0v) is 21.5. The number of phenols is 2. The van der Waals surface area contributed by atoms with Gasteiger partial charge < -0.3 is 15.1 Å². The summed E-state index contributed by atoms with van der Waals surface area (Å²) in [5, 5.41) is 19.1. The van der Waals surface area contributed by atoms with Crippen molar-refractivity contribution in [1.82, 2.24) is 0 Å². The molecule has 0 saturated carbocycles. The van der Waals surface area contributed by atoms with Crippen LogP contribution in [0.1, 0.15) is 16.7 Å². The quantitative estimate of drug-likeness (QED) is 0.408. The summed E-state index contributed by atoms with van der Waals surface area (Å²) in [7, 11) is 0. The van der Waals surface area contributed by atoms with Crippen molar-refractivity contribution < 1.29 is 23.5 Å². The van der Waals surface area contributed by atoms with Crippen molar-refractivity contribution >= 4 is 48.6 Å². The van der Waals surface area contributed by atoms with Gasteiger partial charge in [-0.25, -0.2) is 0 Å². The predicted molar refractivity (Wildman–Crippen MR) is 126 cm³/mol. The maximum absolute atomic E-state index is 9.56. The van der Waals surface area contributed by atoms with E-state index in [1.165, 1.54) is 16.7 Å². The third-order valence-corrected chi connectivity index (χ3v) is 4.37. The SMILES string of the molecule is Cc1cccc(CN(c2ccc(O)cc2)c2ccc(O)cc2)c1C.I[I-]I. The molecule has 0 aliphatic heterocycles. The van der Waals surface area contributed by atoms with Gasteiger partial charge in [-0.15, -0.1) is 0 Å². The maximum atomic E-state index is 9.56.